The van der Waals surface area contributed by atoms with Crippen molar-refractivity contribution in [2.75, 3.05) is 0 Å². The Bertz CT molecular complexity index is 392. The van der Waals surface area contributed by atoms with Crippen LogP contribution in [0.1, 0.15) is 38.3 Å². The van der Waals surface area contributed by atoms with Crippen molar-refractivity contribution in [3.05, 3.63) is 34.9 Å². The Morgan fingerprint density at radius 2 is 2.06 bits per heavy atom. The molecule has 0 fully saturated rings. The molecule has 1 unspecified atom stereocenters. The molecular formula is C13H20ClN3O. The van der Waals surface area contributed by atoms with Gasteiger partial charge in [0.05, 0.1) is 0 Å². The normalized spacial score (nSPS) is 15.4. The van der Waals surface area contributed by atoms with Crippen molar-refractivity contribution < 1.29 is 5.21 Å². The summed E-state index contributed by atoms with van der Waals surface area (Å²) in [4.78, 5) is 0. The van der Waals surface area contributed by atoms with Crippen molar-refractivity contribution in [1.29, 1.82) is 0 Å². The molecule has 0 aromatic heterocycles. The van der Waals surface area contributed by atoms with E-state index in [2.05, 4.69) is 24.3 Å². The smallest absolute Gasteiger partial charge is 0.140 e. The number of nitrogens with zero attached hydrogens (tertiary/aromatic N) is 1. The second-order valence-electron chi connectivity index (χ2n) is 4.34. The van der Waals surface area contributed by atoms with Crippen molar-refractivity contribution in [2.45, 2.75) is 38.8 Å². The summed E-state index contributed by atoms with van der Waals surface area (Å²) in [6, 6.07) is 8.12. The van der Waals surface area contributed by atoms with E-state index in [1.165, 1.54) is 0 Å². The summed E-state index contributed by atoms with van der Waals surface area (Å²) < 4.78 is 0. The van der Waals surface area contributed by atoms with Gasteiger partial charge >= 0.3 is 0 Å². The van der Waals surface area contributed by atoms with Crippen LogP contribution in [0.4, 0.5) is 0 Å². The monoisotopic (exact) mass is 269 g/mol. The molecule has 0 aliphatic carbocycles. The van der Waals surface area contributed by atoms with Crippen LogP contribution < -0.4 is 11.1 Å². The topological polar surface area (TPSA) is 70.6 Å². The number of halogens is 1. The number of amidine groups is 1. The van der Waals surface area contributed by atoms with Crippen LogP contribution in [0, 0.1) is 0 Å². The molecule has 5 heteroatoms. The van der Waals surface area contributed by atoms with Crippen molar-refractivity contribution in [2.24, 2.45) is 10.9 Å². The zero-order valence-electron chi connectivity index (χ0n) is 10.7. The maximum atomic E-state index is 8.58. The van der Waals surface area contributed by atoms with Crippen molar-refractivity contribution >= 4 is 17.4 Å². The van der Waals surface area contributed by atoms with E-state index in [-0.39, 0.29) is 17.9 Å². The van der Waals surface area contributed by atoms with Gasteiger partial charge in [0.25, 0.3) is 0 Å². The van der Waals surface area contributed by atoms with Gasteiger partial charge in [-0.1, -0.05) is 35.8 Å². The highest BCUT2D eigenvalue weighted by molar-refractivity contribution is 6.30. The fourth-order valence-corrected chi connectivity index (χ4v) is 1.94. The standard InChI is InChI=1S/C13H20ClN3O/c1-3-12(8-13(15)17-18)16-9(2)10-4-6-11(14)7-5-10/h4-7,9,12,16,18H,3,8H2,1-2H3,(H2,15,17)/t9-,12?/m1/s1. The predicted molar refractivity (Wildman–Crippen MR) is 75.1 cm³/mol. The number of nitrogens with one attached hydrogen (secondary N) is 1. The first-order valence-corrected chi connectivity index (χ1v) is 6.42. The van der Waals surface area contributed by atoms with E-state index < -0.39 is 0 Å². The summed E-state index contributed by atoms with van der Waals surface area (Å²) in [5, 5.41) is 15.8. The molecule has 0 amide bonds. The highest BCUT2D eigenvalue weighted by Gasteiger charge is 2.13. The van der Waals surface area contributed by atoms with E-state index in [0.29, 0.717) is 6.42 Å². The molecule has 1 aromatic rings. The summed E-state index contributed by atoms with van der Waals surface area (Å²) in [7, 11) is 0. The fraction of sp³-hybridized carbons (Fsp3) is 0.462. The predicted octanol–water partition coefficient (Wildman–Crippen LogP) is 2.91. The Balaban J connectivity index is 2.61. The minimum atomic E-state index is 0.187. The van der Waals surface area contributed by atoms with Crippen LogP contribution >= 0.6 is 11.6 Å². The van der Waals surface area contributed by atoms with Gasteiger partial charge in [-0.25, -0.2) is 0 Å². The van der Waals surface area contributed by atoms with Gasteiger partial charge in [-0.05, 0) is 31.0 Å². The number of nitrogens with two attached hydrogens (primary N) is 1. The maximum Gasteiger partial charge on any atom is 0.140 e. The third kappa shape index (κ3) is 4.55. The lowest BCUT2D eigenvalue weighted by molar-refractivity contribution is 0.315. The Kier molecular flexibility index (Phi) is 5.95. The van der Waals surface area contributed by atoms with Crippen LogP contribution in [0.2, 0.25) is 5.02 Å². The molecule has 2 atom stereocenters. The molecule has 0 bridgehead atoms. The minimum Gasteiger partial charge on any atom is -0.409 e. The largest absolute Gasteiger partial charge is 0.409 e. The second-order valence-corrected chi connectivity index (χ2v) is 4.78. The molecule has 0 aliphatic rings. The highest BCUT2D eigenvalue weighted by atomic mass is 35.5. The second kappa shape index (κ2) is 7.24. The number of oxime groups is 1. The average Bonchev–Trinajstić information content (AvgIpc) is 2.38. The first kappa shape index (κ1) is 14.8. The van der Waals surface area contributed by atoms with Crippen LogP contribution in [-0.2, 0) is 0 Å². The summed E-state index contributed by atoms with van der Waals surface area (Å²) in [5.41, 5.74) is 6.69. The molecule has 100 valence electrons. The molecule has 4 N–H and O–H groups in total. The molecule has 18 heavy (non-hydrogen) atoms. The first-order chi connectivity index (χ1) is 8.56. The molecule has 0 aliphatic heterocycles. The van der Waals surface area contributed by atoms with E-state index in [9.17, 15) is 0 Å². The van der Waals surface area contributed by atoms with E-state index in [1.807, 2.05) is 24.3 Å². The third-order valence-corrected chi connectivity index (χ3v) is 3.18. The SMILES string of the molecule is CCC(C/C(N)=N/O)N[C@H](C)c1ccc(Cl)cc1. The van der Waals surface area contributed by atoms with Crippen LogP contribution in [0.5, 0.6) is 0 Å². The van der Waals surface area contributed by atoms with Gasteiger partial charge in [0.1, 0.15) is 5.84 Å². The number of rotatable bonds is 6. The van der Waals surface area contributed by atoms with E-state index in [4.69, 9.17) is 22.5 Å². The molecule has 0 saturated heterocycles. The van der Waals surface area contributed by atoms with Gasteiger partial charge in [-0.3, -0.25) is 0 Å². The van der Waals surface area contributed by atoms with Gasteiger partial charge < -0.3 is 16.3 Å². The highest BCUT2D eigenvalue weighted by Crippen LogP contribution is 2.17. The Morgan fingerprint density at radius 1 is 1.44 bits per heavy atom. The lowest BCUT2D eigenvalue weighted by atomic mass is 10.0. The number of benzene rings is 1. The third-order valence-electron chi connectivity index (χ3n) is 2.93. The minimum absolute atomic E-state index is 0.187. The summed E-state index contributed by atoms with van der Waals surface area (Å²) in [6.45, 7) is 4.15. The zero-order chi connectivity index (χ0) is 13.5. The quantitative estimate of drug-likeness (QED) is 0.322. The Labute approximate surface area is 113 Å². The van der Waals surface area contributed by atoms with Crippen LogP contribution in [0.3, 0.4) is 0 Å². The Morgan fingerprint density at radius 3 is 2.56 bits per heavy atom. The van der Waals surface area contributed by atoms with Gasteiger partial charge in [0.15, 0.2) is 0 Å². The van der Waals surface area contributed by atoms with E-state index in [1.54, 1.807) is 0 Å². The number of hydrogen-bond donors (Lipinski definition) is 3. The molecule has 1 rings (SSSR count). The van der Waals surface area contributed by atoms with Gasteiger partial charge in [-0.15, -0.1) is 0 Å². The Hall–Kier alpha value is -1.26. The van der Waals surface area contributed by atoms with E-state index >= 15 is 0 Å². The van der Waals surface area contributed by atoms with E-state index in [0.717, 1.165) is 17.0 Å². The molecule has 1 aromatic carbocycles. The summed E-state index contributed by atoms with van der Waals surface area (Å²) >= 11 is 5.86. The lowest BCUT2D eigenvalue weighted by Crippen LogP contribution is -2.34. The molecule has 0 saturated carbocycles. The summed E-state index contributed by atoms with van der Waals surface area (Å²) in [6.07, 6.45) is 1.44. The number of hydrogen-bond acceptors (Lipinski definition) is 3. The van der Waals surface area contributed by atoms with Gasteiger partial charge in [0.2, 0.25) is 0 Å². The molecule has 0 spiro atoms. The maximum absolute atomic E-state index is 8.58. The van der Waals surface area contributed by atoms with Gasteiger partial charge in [-0.2, -0.15) is 0 Å². The lowest BCUT2D eigenvalue weighted by Gasteiger charge is -2.22. The van der Waals surface area contributed by atoms with Crippen LogP contribution in [0.25, 0.3) is 0 Å². The fourth-order valence-electron chi connectivity index (χ4n) is 1.82. The molecule has 0 heterocycles. The first-order valence-electron chi connectivity index (χ1n) is 6.04. The molecular weight excluding hydrogens is 250 g/mol. The average molecular weight is 270 g/mol. The molecule has 4 nitrogen and oxygen atoms in total. The zero-order valence-corrected chi connectivity index (χ0v) is 11.5. The molecule has 0 radical (unpaired) electrons. The van der Waals surface area contributed by atoms with Crippen molar-refractivity contribution in [3.8, 4) is 0 Å². The van der Waals surface area contributed by atoms with Gasteiger partial charge in [0, 0.05) is 23.5 Å². The summed E-state index contributed by atoms with van der Waals surface area (Å²) in [5.74, 6) is 0.248. The van der Waals surface area contributed by atoms with Crippen LogP contribution in [-0.4, -0.2) is 17.1 Å². The van der Waals surface area contributed by atoms with Crippen molar-refractivity contribution in [1.82, 2.24) is 5.32 Å². The van der Waals surface area contributed by atoms with Crippen LogP contribution in [0.15, 0.2) is 29.4 Å². The van der Waals surface area contributed by atoms with Crippen molar-refractivity contribution in [3.63, 3.8) is 0 Å².